The van der Waals surface area contributed by atoms with E-state index in [1.54, 1.807) is 25.3 Å². The molecule has 1 fully saturated rings. The van der Waals surface area contributed by atoms with Crippen LogP contribution >= 0.6 is 0 Å². The highest BCUT2D eigenvalue weighted by atomic mass is 16.5. The van der Waals surface area contributed by atoms with Gasteiger partial charge in [0.1, 0.15) is 5.75 Å². The Bertz CT molecular complexity index is 709. The molecule has 0 unspecified atom stereocenters. The number of nitrogen functional groups attached to an aromatic ring is 1. The molecule has 1 aliphatic heterocycles. The van der Waals surface area contributed by atoms with Crippen molar-refractivity contribution in [2.24, 2.45) is 0 Å². The first-order valence-corrected chi connectivity index (χ1v) is 7.78. The largest absolute Gasteiger partial charge is 0.496 e. The normalized spacial score (nSPS) is 13.9. The van der Waals surface area contributed by atoms with Crippen LogP contribution < -0.4 is 20.7 Å². The Kier molecular flexibility index (Phi) is 4.37. The number of nitrogens with zero attached hydrogens (tertiary/aromatic N) is 1. The van der Waals surface area contributed by atoms with Crippen LogP contribution in [-0.4, -0.2) is 26.1 Å². The lowest BCUT2D eigenvalue weighted by Crippen LogP contribution is -2.19. The number of hydrogen-bond acceptors (Lipinski definition) is 4. The van der Waals surface area contributed by atoms with Crippen molar-refractivity contribution in [1.82, 2.24) is 0 Å². The van der Waals surface area contributed by atoms with Crippen LogP contribution in [0.15, 0.2) is 42.5 Å². The molecule has 3 rings (SSSR count). The summed E-state index contributed by atoms with van der Waals surface area (Å²) in [6.07, 6.45) is 2.40. The van der Waals surface area contributed by atoms with Crippen LogP contribution in [-0.2, 0) is 0 Å². The Morgan fingerprint density at radius 3 is 2.61 bits per heavy atom. The van der Waals surface area contributed by atoms with Gasteiger partial charge in [-0.2, -0.15) is 0 Å². The number of para-hydroxylation sites is 1. The fourth-order valence-corrected chi connectivity index (χ4v) is 2.91. The van der Waals surface area contributed by atoms with Crippen molar-refractivity contribution in [3.8, 4) is 5.75 Å². The summed E-state index contributed by atoms with van der Waals surface area (Å²) in [5.41, 5.74) is 9.06. The van der Waals surface area contributed by atoms with Crippen LogP contribution in [0.2, 0.25) is 0 Å². The third-order valence-electron chi connectivity index (χ3n) is 4.08. The molecular formula is C18H21N3O2. The minimum atomic E-state index is -0.212. The van der Waals surface area contributed by atoms with E-state index < -0.39 is 0 Å². The van der Waals surface area contributed by atoms with E-state index in [1.165, 1.54) is 12.8 Å². The van der Waals surface area contributed by atoms with Crippen LogP contribution in [0.5, 0.6) is 5.75 Å². The van der Waals surface area contributed by atoms with E-state index in [0.29, 0.717) is 22.7 Å². The third-order valence-corrected chi connectivity index (χ3v) is 4.08. The topological polar surface area (TPSA) is 67.6 Å². The fraction of sp³-hybridized carbons (Fsp3) is 0.278. The van der Waals surface area contributed by atoms with Crippen LogP contribution in [0.4, 0.5) is 17.1 Å². The number of carbonyl (C=O) groups is 1. The highest BCUT2D eigenvalue weighted by Gasteiger charge is 2.16. The number of amides is 1. The van der Waals surface area contributed by atoms with Crippen molar-refractivity contribution < 1.29 is 9.53 Å². The molecule has 2 aromatic rings. The first kappa shape index (κ1) is 15.2. The molecule has 0 aromatic heterocycles. The molecule has 1 amide bonds. The molecule has 0 aliphatic carbocycles. The molecule has 0 spiro atoms. The summed E-state index contributed by atoms with van der Waals surface area (Å²) in [5, 5.41) is 2.87. The van der Waals surface area contributed by atoms with E-state index in [9.17, 15) is 4.79 Å². The molecule has 3 N–H and O–H groups in total. The van der Waals surface area contributed by atoms with E-state index in [0.717, 1.165) is 18.8 Å². The maximum absolute atomic E-state index is 12.4. The SMILES string of the molecule is COc1ccccc1C(=O)Nc1ccc(N2CCCC2)c(N)c1. The minimum absolute atomic E-state index is 0.212. The third kappa shape index (κ3) is 3.23. The first-order chi connectivity index (χ1) is 11.2. The van der Waals surface area contributed by atoms with E-state index in [4.69, 9.17) is 10.5 Å². The molecule has 0 saturated carbocycles. The zero-order valence-electron chi connectivity index (χ0n) is 13.2. The van der Waals surface area contributed by atoms with Crippen LogP contribution in [0.3, 0.4) is 0 Å². The molecule has 120 valence electrons. The fourth-order valence-electron chi connectivity index (χ4n) is 2.91. The Morgan fingerprint density at radius 2 is 1.91 bits per heavy atom. The van der Waals surface area contributed by atoms with Crippen molar-refractivity contribution >= 4 is 23.0 Å². The van der Waals surface area contributed by atoms with E-state index >= 15 is 0 Å². The molecule has 5 heteroatoms. The summed E-state index contributed by atoms with van der Waals surface area (Å²) in [4.78, 5) is 14.7. The maximum Gasteiger partial charge on any atom is 0.259 e. The van der Waals surface area contributed by atoms with Crippen molar-refractivity contribution in [2.45, 2.75) is 12.8 Å². The second-order valence-corrected chi connectivity index (χ2v) is 5.62. The van der Waals surface area contributed by atoms with Gasteiger partial charge in [-0.05, 0) is 43.2 Å². The number of carbonyl (C=O) groups excluding carboxylic acids is 1. The van der Waals surface area contributed by atoms with E-state index in [1.807, 2.05) is 24.3 Å². The Labute approximate surface area is 136 Å². The number of benzene rings is 2. The van der Waals surface area contributed by atoms with Crippen molar-refractivity contribution in [3.05, 3.63) is 48.0 Å². The Morgan fingerprint density at radius 1 is 1.17 bits per heavy atom. The van der Waals surface area contributed by atoms with Crippen LogP contribution in [0.25, 0.3) is 0 Å². The quantitative estimate of drug-likeness (QED) is 0.851. The summed E-state index contributed by atoms with van der Waals surface area (Å²) in [6, 6.07) is 12.8. The number of ether oxygens (including phenoxy) is 1. The molecule has 0 radical (unpaired) electrons. The lowest BCUT2D eigenvalue weighted by molar-refractivity contribution is 0.102. The number of rotatable bonds is 4. The number of nitrogens with two attached hydrogens (primary N) is 1. The van der Waals surface area contributed by atoms with Gasteiger partial charge >= 0.3 is 0 Å². The van der Waals surface area contributed by atoms with E-state index in [-0.39, 0.29) is 5.91 Å². The van der Waals surface area contributed by atoms with Gasteiger partial charge in [-0.3, -0.25) is 4.79 Å². The molecule has 23 heavy (non-hydrogen) atoms. The molecule has 0 bridgehead atoms. The molecule has 1 heterocycles. The molecular weight excluding hydrogens is 290 g/mol. The zero-order chi connectivity index (χ0) is 16.2. The number of hydrogen-bond donors (Lipinski definition) is 2. The van der Waals surface area contributed by atoms with Crippen LogP contribution in [0, 0.1) is 0 Å². The summed E-state index contributed by atoms with van der Waals surface area (Å²) in [5.74, 6) is 0.336. The molecule has 1 saturated heterocycles. The van der Waals surface area contributed by atoms with Crippen molar-refractivity contribution in [1.29, 1.82) is 0 Å². The lowest BCUT2D eigenvalue weighted by Gasteiger charge is -2.20. The predicted molar refractivity (Wildman–Crippen MR) is 93.2 cm³/mol. The molecule has 2 aromatic carbocycles. The second kappa shape index (κ2) is 6.60. The van der Waals surface area contributed by atoms with Crippen LogP contribution in [0.1, 0.15) is 23.2 Å². The summed E-state index contributed by atoms with van der Waals surface area (Å²) < 4.78 is 5.22. The van der Waals surface area contributed by atoms with Crippen molar-refractivity contribution in [3.63, 3.8) is 0 Å². The van der Waals surface area contributed by atoms with E-state index in [2.05, 4.69) is 10.2 Å². The summed E-state index contributed by atoms with van der Waals surface area (Å²) in [6.45, 7) is 2.08. The minimum Gasteiger partial charge on any atom is -0.496 e. The number of anilines is 3. The highest BCUT2D eigenvalue weighted by molar-refractivity contribution is 6.06. The van der Waals surface area contributed by atoms with Gasteiger partial charge in [-0.1, -0.05) is 12.1 Å². The zero-order valence-corrected chi connectivity index (χ0v) is 13.2. The highest BCUT2D eigenvalue weighted by Crippen LogP contribution is 2.29. The number of nitrogens with one attached hydrogen (secondary N) is 1. The average Bonchev–Trinajstić information content (AvgIpc) is 3.09. The van der Waals surface area contributed by atoms with Gasteiger partial charge in [0.25, 0.3) is 5.91 Å². The van der Waals surface area contributed by atoms with Gasteiger partial charge in [0.15, 0.2) is 0 Å². The molecule has 5 nitrogen and oxygen atoms in total. The Balaban J connectivity index is 1.77. The second-order valence-electron chi connectivity index (χ2n) is 5.62. The van der Waals surface area contributed by atoms with Gasteiger partial charge in [-0.15, -0.1) is 0 Å². The Hall–Kier alpha value is -2.69. The monoisotopic (exact) mass is 311 g/mol. The smallest absolute Gasteiger partial charge is 0.259 e. The predicted octanol–water partition coefficient (Wildman–Crippen LogP) is 3.13. The van der Waals surface area contributed by atoms with Crippen molar-refractivity contribution in [2.75, 3.05) is 36.1 Å². The molecule has 1 aliphatic rings. The first-order valence-electron chi connectivity index (χ1n) is 7.78. The summed E-state index contributed by atoms with van der Waals surface area (Å²) >= 11 is 0. The van der Waals surface area contributed by atoms with Gasteiger partial charge < -0.3 is 20.7 Å². The molecule has 0 atom stereocenters. The summed E-state index contributed by atoms with van der Waals surface area (Å²) in [7, 11) is 1.55. The average molecular weight is 311 g/mol. The maximum atomic E-state index is 12.4. The van der Waals surface area contributed by atoms with Gasteiger partial charge in [0.05, 0.1) is 24.0 Å². The van der Waals surface area contributed by atoms with Gasteiger partial charge in [0.2, 0.25) is 0 Å². The lowest BCUT2D eigenvalue weighted by atomic mass is 10.1. The number of methoxy groups -OCH3 is 1. The standard InChI is InChI=1S/C18H21N3O2/c1-23-17-7-3-2-6-14(17)18(22)20-13-8-9-16(15(19)12-13)21-10-4-5-11-21/h2-3,6-9,12H,4-5,10-11,19H2,1H3,(H,20,22). The van der Waals surface area contributed by atoms with Gasteiger partial charge in [-0.25, -0.2) is 0 Å². The van der Waals surface area contributed by atoms with Gasteiger partial charge in [0, 0.05) is 18.8 Å².